The van der Waals surface area contributed by atoms with E-state index in [0.29, 0.717) is 29.8 Å². The molecule has 1 saturated carbocycles. The summed E-state index contributed by atoms with van der Waals surface area (Å²) in [6.07, 6.45) is 5.50. The monoisotopic (exact) mass is 404 g/mol. The average molecular weight is 405 g/mol. The molecule has 1 aliphatic carbocycles. The molecule has 0 bridgehead atoms. The van der Waals surface area contributed by atoms with Crippen molar-refractivity contribution in [2.24, 2.45) is 21.3 Å². The molecule has 0 amide bonds. The third-order valence-electron chi connectivity index (χ3n) is 5.90. The van der Waals surface area contributed by atoms with Crippen LogP contribution in [0.4, 0.5) is 17.3 Å². The van der Waals surface area contributed by atoms with Gasteiger partial charge in [-0.15, -0.1) is 11.6 Å². The molecule has 3 aliphatic rings. The predicted octanol–water partition coefficient (Wildman–Crippen LogP) is 5.02. The third kappa shape index (κ3) is 3.83. The fraction of sp³-hybridized carbons (Fsp3) is 0.789. The molecule has 152 valence electrons. The SMILES string of the molecule is CC(C)(C)c1nc(NCC2CCCCC2Cl)c(N=N)c(N2CCC3(C2)N=N3)n1. The summed E-state index contributed by atoms with van der Waals surface area (Å²) < 4.78 is 0. The molecule has 3 heterocycles. The number of nitrogens with one attached hydrogen (secondary N) is 2. The normalized spacial score (nSPS) is 25.9. The fourth-order valence-electron chi connectivity index (χ4n) is 4.04. The van der Waals surface area contributed by atoms with Gasteiger partial charge < -0.3 is 10.2 Å². The van der Waals surface area contributed by atoms with Crippen LogP contribution in [-0.2, 0) is 5.41 Å². The van der Waals surface area contributed by atoms with E-state index in [1.54, 1.807) is 0 Å². The standard InChI is InChI=1S/C19H29ClN8/c1-18(2,3)17-23-15(22-10-12-6-4-5-7-13(12)20)14(25-21)16(24-17)28-9-8-19(11-28)26-27-19/h12-13,21H,4-11H2,1-3H3,(H,22,23,24). The summed E-state index contributed by atoms with van der Waals surface area (Å²) in [4.78, 5) is 11.7. The molecule has 2 atom stereocenters. The molecule has 2 aliphatic heterocycles. The Bertz CT molecular complexity index is 781. The second-order valence-electron chi connectivity index (χ2n) is 9.23. The van der Waals surface area contributed by atoms with E-state index in [1.165, 1.54) is 12.8 Å². The Morgan fingerprint density at radius 2 is 2.00 bits per heavy atom. The van der Waals surface area contributed by atoms with Crippen LogP contribution in [-0.4, -0.2) is 40.6 Å². The van der Waals surface area contributed by atoms with Gasteiger partial charge in [-0.05, 0) is 18.8 Å². The zero-order chi connectivity index (χ0) is 19.9. The molecule has 1 aromatic heterocycles. The number of halogens is 1. The molecule has 2 N–H and O–H groups in total. The second kappa shape index (κ2) is 7.21. The maximum absolute atomic E-state index is 7.80. The second-order valence-corrected chi connectivity index (χ2v) is 9.79. The lowest BCUT2D eigenvalue weighted by Gasteiger charge is -2.28. The van der Waals surface area contributed by atoms with E-state index >= 15 is 0 Å². The van der Waals surface area contributed by atoms with Crippen molar-refractivity contribution in [1.82, 2.24) is 9.97 Å². The third-order valence-corrected chi connectivity index (χ3v) is 6.48. The zero-order valence-corrected chi connectivity index (χ0v) is 17.6. The Labute approximate surface area is 171 Å². The van der Waals surface area contributed by atoms with Crippen molar-refractivity contribution in [3.05, 3.63) is 5.82 Å². The number of rotatable bonds is 5. The number of hydrogen-bond donors (Lipinski definition) is 2. The maximum atomic E-state index is 7.80. The minimum Gasteiger partial charge on any atom is -0.368 e. The summed E-state index contributed by atoms with van der Waals surface area (Å²) in [7, 11) is 0. The Kier molecular flexibility index (Phi) is 5.02. The molecule has 1 aromatic rings. The number of nitrogens with zero attached hydrogens (tertiary/aromatic N) is 6. The van der Waals surface area contributed by atoms with Crippen molar-refractivity contribution < 1.29 is 0 Å². The summed E-state index contributed by atoms with van der Waals surface area (Å²) in [5.74, 6) is 2.49. The minimum atomic E-state index is -0.256. The Balaban J connectivity index is 1.63. The number of aromatic nitrogens is 2. The predicted molar refractivity (Wildman–Crippen MR) is 110 cm³/mol. The summed E-state index contributed by atoms with van der Waals surface area (Å²) in [5, 5.41) is 15.9. The van der Waals surface area contributed by atoms with Crippen LogP contribution in [0.15, 0.2) is 15.3 Å². The lowest BCUT2D eigenvalue weighted by Crippen LogP contribution is -2.29. The van der Waals surface area contributed by atoms with Gasteiger partial charge in [0, 0.05) is 30.3 Å². The van der Waals surface area contributed by atoms with Crippen molar-refractivity contribution >= 4 is 28.9 Å². The van der Waals surface area contributed by atoms with Crippen molar-refractivity contribution in [3.8, 4) is 0 Å². The van der Waals surface area contributed by atoms with Crippen LogP contribution < -0.4 is 10.2 Å². The van der Waals surface area contributed by atoms with Crippen molar-refractivity contribution in [2.45, 2.75) is 69.3 Å². The van der Waals surface area contributed by atoms with Crippen LogP contribution in [0.1, 0.15) is 58.7 Å². The van der Waals surface area contributed by atoms with Gasteiger partial charge in [-0.3, -0.25) is 0 Å². The van der Waals surface area contributed by atoms with Gasteiger partial charge in [0.1, 0.15) is 5.82 Å². The molecular weight excluding hydrogens is 376 g/mol. The summed E-state index contributed by atoms with van der Waals surface area (Å²) in [5.41, 5.74) is 7.82. The fourth-order valence-corrected chi connectivity index (χ4v) is 4.41. The molecule has 2 fully saturated rings. The molecule has 1 saturated heterocycles. The molecular formula is C19H29ClN8. The number of hydrogen-bond acceptors (Lipinski definition) is 8. The quantitative estimate of drug-likeness (QED) is 0.531. The topological polar surface area (TPSA) is 102 Å². The molecule has 0 aromatic carbocycles. The lowest BCUT2D eigenvalue weighted by molar-refractivity contribution is 0.380. The minimum absolute atomic E-state index is 0.192. The van der Waals surface area contributed by atoms with Crippen LogP contribution in [0.3, 0.4) is 0 Å². The van der Waals surface area contributed by atoms with Crippen molar-refractivity contribution in [2.75, 3.05) is 29.9 Å². The van der Waals surface area contributed by atoms with Crippen LogP contribution in [0.2, 0.25) is 0 Å². The first-order chi connectivity index (χ1) is 13.3. The van der Waals surface area contributed by atoms with Crippen molar-refractivity contribution in [3.63, 3.8) is 0 Å². The van der Waals surface area contributed by atoms with E-state index in [9.17, 15) is 0 Å². The first-order valence-electron chi connectivity index (χ1n) is 10.2. The molecule has 0 radical (unpaired) electrons. The van der Waals surface area contributed by atoms with E-state index in [-0.39, 0.29) is 16.5 Å². The van der Waals surface area contributed by atoms with Gasteiger partial charge in [-0.25, -0.2) is 15.5 Å². The smallest absolute Gasteiger partial charge is 0.209 e. The van der Waals surface area contributed by atoms with E-state index < -0.39 is 0 Å². The first-order valence-corrected chi connectivity index (χ1v) is 10.6. The summed E-state index contributed by atoms with van der Waals surface area (Å²) >= 11 is 6.54. The van der Waals surface area contributed by atoms with Gasteiger partial charge in [-0.2, -0.15) is 15.3 Å². The molecule has 9 heteroatoms. The Hall–Kier alpha value is -1.83. The summed E-state index contributed by atoms with van der Waals surface area (Å²) in [6, 6.07) is 0. The number of anilines is 2. The zero-order valence-electron chi connectivity index (χ0n) is 16.9. The summed E-state index contributed by atoms with van der Waals surface area (Å²) in [6.45, 7) is 8.54. The maximum Gasteiger partial charge on any atom is 0.209 e. The van der Waals surface area contributed by atoms with Gasteiger partial charge in [0.15, 0.2) is 17.3 Å². The first kappa shape index (κ1) is 19.5. The highest BCUT2D eigenvalue weighted by molar-refractivity contribution is 6.20. The Morgan fingerprint density at radius 1 is 1.25 bits per heavy atom. The van der Waals surface area contributed by atoms with Gasteiger partial charge in [-0.1, -0.05) is 33.6 Å². The average Bonchev–Trinajstić information content (AvgIpc) is 3.28. The van der Waals surface area contributed by atoms with Crippen LogP contribution >= 0.6 is 11.6 Å². The molecule has 4 rings (SSSR count). The van der Waals surface area contributed by atoms with E-state index in [4.69, 9.17) is 27.1 Å². The molecule has 2 unspecified atom stereocenters. The van der Waals surface area contributed by atoms with Gasteiger partial charge in [0.05, 0.1) is 6.54 Å². The molecule has 28 heavy (non-hydrogen) atoms. The van der Waals surface area contributed by atoms with E-state index in [1.807, 2.05) is 0 Å². The lowest BCUT2D eigenvalue weighted by atomic mass is 9.89. The highest BCUT2D eigenvalue weighted by atomic mass is 35.5. The van der Waals surface area contributed by atoms with E-state index in [2.05, 4.69) is 46.3 Å². The number of alkyl halides is 1. The van der Waals surface area contributed by atoms with Gasteiger partial charge >= 0.3 is 0 Å². The Morgan fingerprint density at radius 3 is 2.61 bits per heavy atom. The highest BCUT2D eigenvalue weighted by Crippen LogP contribution is 2.43. The largest absolute Gasteiger partial charge is 0.368 e. The van der Waals surface area contributed by atoms with E-state index in [0.717, 1.165) is 38.2 Å². The van der Waals surface area contributed by atoms with Gasteiger partial charge in [0.2, 0.25) is 5.66 Å². The van der Waals surface area contributed by atoms with Crippen LogP contribution in [0.5, 0.6) is 0 Å². The van der Waals surface area contributed by atoms with Gasteiger partial charge in [0.25, 0.3) is 0 Å². The van der Waals surface area contributed by atoms with Crippen LogP contribution in [0.25, 0.3) is 0 Å². The highest BCUT2D eigenvalue weighted by Gasteiger charge is 2.47. The van der Waals surface area contributed by atoms with Crippen molar-refractivity contribution in [1.29, 1.82) is 5.53 Å². The molecule has 8 nitrogen and oxygen atoms in total. The molecule has 1 spiro atoms. The van der Waals surface area contributed by atoms with Crippen LogP contribution in [0, 0.1) is 11.4 Å².